The van der Waals surface area contributed by atoms with E-state index in [-0.39, 0.29) is 24.3 Å². The summed E-state index contributed by atoms with van der Waals surface area (Å²) in [7, 11) is 1.56. The highest BCUT2D eigenvalue weighted by Crippen LogP contribution is 2.33. The molecule has 1 heterocycles. The molecule has 0 aliphatic rings. The fourth-order valence-electron chi connectivity index (χ4n) is 4.79. The van der Waals surface area contributed by atoms with Crippen molar-refractivity contribution >= 4 is 5.97 Å². The zero-order valence-corrected chi connectivity index (χ0v) is 21.2. The minimum Gasteiger partial charge on any atom is -0.496 e. The van der Waals surface area contributed by atoms with E-state index in [0.717, 1.165) is 11.1 Å². The molecule has 1 N–H and O–H groups in total. The average Bonchev–Trinajstić information content (AvgIpc) is 3.24. The third kappa shape index (κ3) is 5.09. The summed E-state index contributed by atoms with van der Waals surface area (Å²) in [4.78, 5) is 25.9. The van der Waals surface area contributed by atoms with Gasteiger partial charge in [0.1, 0.15) is 5.75 Å². The van der Waals surface area contributed by atoms with E-state index in [1.165, 1.54) is 6.07 Å². The van der Waals surface area contributed by atoms with Crippen LogP contribution in [0.25, 0.3) is 22.5 Å². The molecule has 0 saturated carbocycles. The van der Waals surface area contributed by atoms with Gasteiger partial charge >= 0.3 is 11.7 Å². The van der Waals surface area contributed by atoms with Crippen LogP contribution in [-0.4, -0.2) is 27.3 Å². The Morgan fingerprint density at radius 1 is 0.821 bits per heavy atom. The van der Waals surface area contributed by atoms with Crippen molar-refractivity contribution in [3.63, 3.8) is 0 Å². The second kappa shape index (κ2) is 11.0. The molecule has 0 bridgehead atoms. The summed E-state index contributed by atoms with van der Waals surface area (Å²) >= 11 is 0. The fraction of sp³-hybridized carbons (Fsp3) is 0.0938. The van der Waals surface area contributed by atoms with E-state index in [9.17, 15) is 20.0 Å². The van der Waals surface area contributed by atoms with E-state index in [0.29, 0.717) is 33.8 Å². The number of ether oxygens (including phenoxy) is 1. The molecular weight excluding hydrogens is 490 g/mol. The van der Waals surface area contributed by atoms with Crippen LogP contribution in [0.15, 0.2) is 108 Å². The van der Waals surface area contributed by atoms with Crippen molar-refractivity contribution in [3.8, 4) is 34.3 Å². The number of aromatic nitrogens is 2. The number of aromatic carboxylic acids is 1. The van der Waals surface area contributed by atoms with Gasteiger partial charge in [-0.15, -0.1) is 0 Å². The van der Waals surface area contributed by atoms with E-state index >= 15 is 0 Å². The summed E-state index contributed by atoms with van der Waals surface area (Å²) < 4.78 is 8.94. The lowest BCUT2D eigenvalue weighted by molar-refractivity contribution is 0.0696. The van der Waals surface area contributed by atoms with Crippen LogP contribution in [-0.2, 0) is 13.1 Å². The minimum absolute atomic E-state index is 0.155. The number of nitrogens with zero attached hydrogens (tertiary/aromatic N) is 3. The normalized spacial score (nSPS) is 10.7. The summed E-state index contributed by atoms with van der Waals surface area (Å²) in [6.07, 6.45) is 0. The third-order valence-electron chi connectivity index (χ3n) is 6.57. The number of hydrogen-bond donors (Lipinski definition) is 1. The van der Waals surface area contributed by atoms with Crippen LogP contribution in [0.4, 0.5) is 0 Å². The number of hydrogen-bond acceptors (Lipinski definition) is 4. The predicted octanol–water partition coefficient (Wildman–Crippen LogP) is 5.66. The lowest BCUT2D eigenvalue weighted by atomic mass is 10.0. The van der Waals surface area contributed by atoms with Gasteiger partial charge in [0.2, 0.25) is 0 Å². The van der Waals surface area contributed by atoms with Crippen LogP contribution in [0, 0.1) is 11.3 Å². The molecule has 0 radical (unpaired) electrons. The van der Waals surface area contributed by atoms with E-state index in [1.54, 1.807) is 46.6 Å². The highest BCUT2D eigenvalue weighted by molar-refractivity contribution is 5.87. The summed E-state index contributed by atoms with van der Waals surface area (Å²) in [6.45, 7) is 0.343. The maximum atomic E-state index is 14.2. The Bertz CT molecular complexity index is 1750. The molecule has 1 aromatic heterocycles. The van der Waals surface area contributed by atoms with Crippen molar-refractivity contribution in [2.75, 3.05) is 7.11 Å². The van der Waals surface area contributed by atoms with Gasteiger partial charge < -0.3 is 9.84 Å². The van der Waals surface area contributed by atoms with Gasteiger partial charge in [-0.25, -0.2) is 9.59 Å². The van der Waals surface area contributed by atoms with Gasteiger partial charge in [0, 0.05) is 16.7 Å². The lowest BCUT2D eigenvalue weighted by Crippen LogP contribution is -2.26. The van der Waals surface area contributed by atoms with Crippen LogP contribution in [0.5, 0.6) is 5.75 Å². The van der Waals surface area contributed by atoms with Crippen molar-refractivity contribution in [2.24, 2.45) is 0 Å². The number of rotatable bonds is 8. The summed E-state index contributed by atoms with van der Waals surface area (Å²) in [6, 6.07) is 33.2. The number of carboxylic acids is 1. The molecular formula is C32H25N3O4. The van der Waals surface area contributed by atoms with E-state index < -0.39 is 5.97 Å². The summed E-state index contributed by atoms with van der Waals surface area (Å²) in [5.74, 6) is -0.456. The van der Waals surface area contributed by atoms with Crippen molar-refractivity contribution in [1.29, 1.82) is 5.26 Å². The molecule has 39 heavy (non-hydrogen) atoms. The highest BCUT2D eigenvalue weighted by atomic mass is 16.5. The second-order valence-corrected chi connectivity index (χ2v) is 9.03. The van der Waals surface area contributed by atoms with Crippen molar-refractivity contribution in [3.05, 3.63) is 136 Å². The van der Waals surface area contributed by atoms with E-state index in [1.807, 2.05) is 66.7 Å². The molecule has 192 valence electrons. The maximum Gasteiger partial charge on any atom is 0.335 e. The summed E-state index contributed by atoms with van der Waals surface area (Å²) in [5, 5.41) is 19.0. The number of methoxy groups -OCH3 is 1. The van der Waals surface area contributed by atoms with Gasteiger partial charge in [-0.2, -0.15) is 5.26 Å². The van der Waals surface area contributed by atoms with Crippen LogP contribution in [0.3, 0.4) is 0 Å². The molecule has 0 fully saturated rings. The molecule has 0 aliphatic heterocycles. The average molecular weight is 516 g/mol. The maximum absolute atomic E-state index is 14.2. The lowest BCUT2D eigenvalue weighted by Gasteiger charge is -2.13. The molecule has 7 heteroatoms. The Labute approximate surface area is 225 Å². The third-order valence-corrected chi connectivity index (χ3v) is 6.57. The topological polar surface area (TPSA) is 97.2 Å². The standard InChI is InChI=1S/C32H25N3O4/c1-39-28-16-15-22(19-33)17-27(28)21-35-30(25-12-6-3-7-13-25)29(24-10-4-2-5-11-24)34(32(35)38)20-23-9-8-14-26(18-23)31(36)37/h2-18H,20-21H2,1H3,(H,36,37). The fourth-order valence-corrected chi connectivity index (χ4v) is 4.79. The summed E-state index contributed by atoms with van der Waals surface area (Å²) in [5.41, 5.74) is 4.86. The van der Waals surface area contributed by atoms with E-state index in [2.05, 4.69) is 6.07 Å². The molecule has 0 aliphatic carbocycles. The van der Waals surface area contributed by atoms with Gasteiger partial charge in [0.15, 0.2) is 0 Å². The predicted molar refractivity (Wildman–Crippen MR) is 149 cm³/mol. The highest BCUT2D eigenvalue weighted by Gasteiger charge is 2.24. The van der Waals surface area contributed by atoms with Crippen molar-refractivity contribution in [1.82, 2.24) is 9.13 Å². The molecule has 0 amide bonds. The minimum atomic E-state index is -1.03. The van der Waals surface area contributed by atoms with Gasteiger partial charge in [0.25, 0.3) is 0 Å². The smallest absolute Gasteiger partial charge is 0.335 e. The van der Waals surface area contributed by atoms with Gasteiger partial charge in [-0.05, 0) is 35.9 Å². The zero-order valence-electron chi connectivity index (χ0n) is 21.2. The number of carbonyl (C=O) groups is 1. The number of carboxylic acid groups (broad SMARTS) is 1. The Balaban J connectivity index is 1.79. The molecule has 0 saturated heterocycles. The van der Waals surface area contributed by atoms with Gasteiger partial charge in [0.05, 0.1) is 48.8 Å². The molecule has 7 nitrogen and oxygen atoms in total. The number of benzene rings is 4. The van der Waals surface area contributed by atoms with Crippen LogP contribution >= 0.6 is 0 Å². The number of nitriles is 1. The first-order chi connectivity index (χ1) is 19.0. The first-order valence-electron chi connectivity index (χ1n) is 12.3. The Hall–Kier alpha value is -5.35. The monoisotopic (exact) mass is 515 g/mol. The molecule has 0 unspecified atom stereocenters. The molecule has 5 aromatic rings. The van der Waals surface area contributed by atoms with Gasteiger partial charge in [-0.3, -0.25) is 9.13 Å². The Morgan fingerprint density at radius 2 is 1.44 bits per heavy atom. The second-order valence-electron chi connectivity index (χ2n) is 9.03. The molecule has 0 spiro atoms. The molecule has 5 rings (SSSR count). The van der Waals surface area contributed by atoms with Crippen LogP contribution < -0.4 is 10.4 Å². The quantitative estimate of drug-likeness (QED) is 0.288. The molecule has 4 aromatic carbocycles. The zero-order chi connectivity index (χ0) is 27.4. The Kier molecular flexibility index (Phi) is 7.11. The van der Waals surface area contributed by atoms with Gasteiger partial charge in [-0.1, -0.05) is 72.8 Å². The van der Waals surface area contributed by atoms with Crippen LogP contribution in [0.2, 0.25) is 0 Å². The first-order valence-corrected chi connectivity index (χ1v) is 12.3. The van der Waals surface area contributed by atoms with Crippen molar-refractivity contribution < 1.29 is 14.6 Å². The number of imidazole rings is 1. The van der Waals surface area contributed by atoms with Crippen LogP contribution in [0.1, 0.15) is 27.0 Å². The SMILES string of the molecule is COc1ccc(C#N)cc1Cn1c(-c2ccccc2)c(-c2ccccc2)n(Cc2cccc(C(=O)O)c2)c1=O. The molecule has 0 atom stereocenters. The van der Waals surface area contributed by atoms with Crippen molar-refractivity contribution in [2.45, 2.75) is 13.1 Å². The largest absolute Gasteiger partial charge is 0.496 e. The Morgan fingerprint density at radius 3 is 2.00 bits per heavy atom. The van der Waals surface area contributed by atoms with E-state index in [4.69, 9.17) is 4.74 Å². The first kappa shape index (κ1) is 25.3.